The van der Waals surface area contributed by atoms with Crippen molar-refractivity contribution < 1.29 is 4.79 Å². The van der Waals surface area contributed by atoms with Crippen LogP contribution >= 0.6 is 11.8 Å². The summed E-state index contributed by atoms with van der Waals surface area (Å²) in [5, 5.41) is 9.42. The maximum Gasteiger partial charge on any atom is 0.262 e. The van der Waals surface area contributed by atoms with Crippen LogP contribution in [0.3, 0.4) is 0 Å². The number of para-hydroxylation sites is 1. The van der Waals surface area contributed by atoms with Crippen LogP contribution in [0.25, 0.3) is 10.9 Å². The Morgan fingerprint density at radius 3 is 2.69 bits per heavy atom. The van der Waals surface area contributed by atoms with E-state index in [4.69, 9.17) is 5.26 Å². The van der Waals surface area contributed by atoms with Crippen molar-refractivity contribution in [2.75, 3.05) is 13.6 Å². The van der Waals surface area contributed by atoms with Gasteiger partial charge < -0.3 is 4.90 Å². The molecule has 0 bridgehead atoms. The molecule has 0 spiro atoms. The highest BCUT2D eigenvalue weighted by molar-refractivity contribution is 8.00. The molecule has 1 aromatic heterocycles. The number of fused-ring (bicyclic) bond motifs is 1. The third-order valence-corrected chi connectivity index (χ3v) is 5.02. The van der Waals surface area contributed by atoms with Crippen LogP contribution in [0.4, 0.5) is 0 Å². The molecule has 2 rings (SSSR count). The van der Waals surface area contributed by atoms with Gasteiger partial charge in [-0.25, -0.2) is 4.98 Å². The third-order valence-electron chi connectivity index (χ3n) is 3.94. The topological polar surface area (TPSA) is 79.0 Å². The monoisotopic (exact) mass is 372 g/mol. The Balaban J connectivity index is 2.37. The van der Waals surface area contributed by atoms with E-state index in [-0.39, 0.29) is 17.4 Å². The first-order valence-electron chi connectivity index (χ1n) is 8.63. The molecule has 0 aliphatic rings. The molecule has 1 amide bonds. The molecule has 0 unspecified atom stereocenters. The predicted octanol–water partition coefficient (Wildman–Crippen LogP) is 2.91. The summed E-state index contributed by atoms with van der Waals surface area (Å²) in [5.41, 5.74) is 0.557. The zero-order valence-electron chi connectivity index (χ0n) is 15.6. The smallest absolute Gasteiger partial charge is 0.262 e. The van der Waals surface area contributed by atoms with E-state index in [9.17, 15) is 9.59 Å². The minimum atomic E-state index is -0.398. The maximum absolute atomic E-state index is 12.9. The zero-order valence-corrected chi connectivity index (χ0v) is 16.4. The molecule has 138 valence electrons. The summed E-state index contributed by atoms with van der Waals surface area (Å²) in [6.45, 7) is 6.83. The van der Waals surface area contributed by atoms with Gasteiger partial charge in [0.25, 0.3) is 5.56 Å². The van der Waals surface area contributed by atoms with Crippen molar-refractivity contribution in [2.45, 2.75) is 44.1 Å². The summed E-state index contributed by atoms with van der Waals surface area (Å²) >= 11 is 1.29. The third kappa shape index (κ3) is 4.64. The Bertz CT molecular complexity index is 885. The van der Waals surface area contributed by atoms with E-state index in [1.165, 1.54) is 11.8 Å². The number of carbonyl (C=O) groups excluding carboxylic acids is 1. The van der Waals surface area contributed by atoms with Crippen LogP contribution < -0.4 is 5.56 Å². The van der Waals surface area contributed by atoms with Crippen LogP contribution in [0.2, 0.25) is 0 Å². The molecule has 0 radical (unpaired) electrons. The highest BCUT2D eigenvalue weighted by Crippen LogP contribution is 2.24. The van der Waals surface area contributed by atoms with Gasteiger partial charge in [0, 0.05) is 20.1 Å². The molecule has 6 nitrogen and oxygen atoms in total. The average Bonchev–Trinajstić information content (AvgIpc) is 2.61. The van der Waals surface area contributed by atoms with Crippen LogP contribution in [0, 0.1) is 17.2 Å². The molecule has 0 saturated carbocycles. The maximum atomic E-state index is 12.9. The molecule has 1 aromatic carbocycles. The van der Waals surface area contributed by atoms with E-state index < -0.39 is 5.25 Å². The van der Waals surface area contributed by atoms with E-state index in [2.05, 4.69) is 4.98 Å². The van der Waals surface area contributed by atoms with Gasteiger partial charge in [-0.15, -0.1) is 0 Å². The summed E-state index contributed by atoms with van der Waals surface area (Å²) < 4.78 is 1.66. The Hall–Kier alpha value is -2.33. The number of aromatic nitrogens is 2. The SMILES string of the molecule is CC(C)Cn1c(S[C@H](C)C(=O)N(C)CCC#N)nc2ccccc2c1=O. The summed E-state index contributed by atoms with van der Waals surface area (Å²) in [4.78, 5) is 31.6. The lowest BCUT2D eigenvalue weighted by Crippen LogP contribution is -2.34. The molecular weight excluding hydrogens is 348 g/mol. The number of hydrogen-bond acceptors (Lipinski definition) is 5. The first-order valence-corrected chi connectivity index (χ1v) is 9.51. The lowest BCUT2D eigenvalue weighted by atomic mass is 10.2. The van der Waals surface area contributed by atoms with Crippen molar-refractivity contribution in [3.63, 3.8) is 0 Å². The first kappa shape index (κ1) is 20.0. The van der Waals surface area contributed by atoms with Crippen molar-refractivity contribution in [1.29, 1.82) is 5.26 Å². The molecule has 0 fully saturated rings. The molecule has 0 aliphatic carbocycles. The van der Waals surface area contributed by atoms with Crippen molar-refractivity contribution in [2.24, 2.45) is 5.92 Å². The Labute approximate surface area is 157 Å². The Morgan fingerprint density at radius 1 is 1.35 bits per heavy atom. The molecule has 0 N–H and O–H groups in total. The highest BCUT2D eigenvalue weighted by Gasteiger charge is 2.22. The Morgan fingerprint density at radius 2 is 2.04 bits per heavy atom. The fourth-order valence-corrected chi connectivity index (χ4v) is 3.64. The average molecular weight is 372 g/mol. The van der Waals surface area contributed by atoms with Gasteiger partial charge in [-0.2, -0.15) is 5.26 Å². The zero-order chi connectivity index (χ0) is 19.3. The van der Waals surface area contributed by atoms with E-state index >= 15 is 0 Å². The second-order valence-electron chi connectivity index (χ2n) is 6.65. The molecule has 2 aromatic rings. The number of nitrogens with zero attached hydrogens (tertiary/aromatic N) is 4. The van der Waals surface area contributed by atoms with Gasteiger partial charge >= 0.3 is 0 Å². The number of amides is 1. The number of rotatable bonds is 7. The number of hydrogen-bond donors (Lipinski definition) is 0. The van der Waals surface area contributed by atoms with E-state index in [0.717, 1.165) is 0 Å². The van der Waals surface area contributed by atoms with Gasteiger partial charge in [-0.1, -0.05) is 37.7 Å². The molecule has 0 aliphatic heterocycles. The van der Waals surface area contributed by atoms with Gasteiger partial charge in [-0.3, -0.25) is 14.2 Å². The molecule has 7 heteroatoms. The lowest BCUT2D eigenvalue weighted by Gasteiger charge is -2.21. The largest absolute Gasteiger partial charge is 0.344 e. The normalized spacial score (nSPS) is 12.2. The molecule has 26 heavy (non-hydrogen) atoms. The fraction of sp³-hybridized carbons (Fsp3) is 0.474. The van der Waals surface area contributed by atoms with Crippen LogP contribution in [-0.2, 0) is 11.3 Å². The number of benzene rings is 1. The standard InChI is InChI=1S/C19H24N4O2S/c1-13(2)12-23-18(25)15-8-5-6-9-16(15)21-19(23)26-14(3)17(24)22(4)11-7-10-20/h5-6,8-9,13-14H,7,11-12H2,1-4H3/t14-/m1/s1. The van der Waals surface area contributed by atoms with Gasteiger partial charge in [0.1, 0.15) is 0 Å². The van der Waals surface area contributed by atoms with Gasteiger partial charge in [0.05, 0.1) is 28.6 Å². The minimum absolute atomic E-state index is 0.0794. The fourth-order valence-electron chi connectivity index (χ4n) is 2.61. The van der Waals surface area contributed by atoms with Gasteiger partial charge in [0.15, 0.2) is 5.16 Å². The van der Waals surface area contributed by atoms with E-state index in [1.807, 2.05) is 38.1 Å². The van der Waals surface area contributed by atoms with Crippen LogP contribution in [0.1, 0.15) is 27.2 Å². The van der Waals surface area contributed by atoms with Gasteiger partial charge in [-0.05, 0) is 25.0 Å². The van der Waals surface area contributed by atoms with E-state index in [0.29, 0.717) is 35.6 Å². The number of thioether (sulfide) groups is 1. The highest BCUT2D eigenvalue weighted by atomic mass is 32.2. The van der Waals surface area contributed by atoms with Crippen molar-refractivity contribution in [3.8, 4) is 6.07 Å². The Kier molecular flexibility index (Phi) is 6.81. The number of nitriles is 1. The number of carbonyl (C=O) groups is 1. The van der Waals surface area contributed by atoms with Crippen molar-refractivity contribution in [3.05, 3.63) is 34.6 Å². The van der Waals surface area contributed by atoms with Gasteiger partial charge in [0.2, 0.25) is 5.91 Å². The van der Waals surface area contributed by atoms with Crippen LogP contribution in [0.5, 0.6) is 0 Å². The summed E-state index contributed by atoms with van der Waals surface area (Å²) in [6, 6.07) is 9.31. The molecule has 1 heterocycles. The molecule has 0 saturated heterocycles. The summed E-state index contributed by atoms with van der Waals surface area (Å²) in [6.07, 6.45) is 0.298. The quantitative estimate of drug-likeness (QED) is 0.551. The molecule has 1 atom stereocenters. The van der Waals surface area contributed by atoms with Crippen LogP contribution in [-0.4, -0.2) is 39.2 Å². The first-order chi connectivity index (χ1) is 12.3. The summed E-state index contributed by atoms with van der Waals surface area (Å²) in [7, 11) is 1.69. The second-order valence-corrected chi connectivity index (χ2v) is 7.96. The summed E-state index contributed by atoms with van der Waals surface area (Å²) in [5.74, 6) is 0.197. The predicted molar refractivity (Wildman–Crippen MR) is 104 cm³/mol. The second kappa shape index (κ2) is 8.86. The van der Waals surface area contributed by atoms with E-state index in [1.54, 1.807) is 29.5 Å². The minimum Gasteiger partial charge on any atom is -0.344 e. The molecular formula is C19H24N4O2S. The lowest BCUT2D eigenvalue weighted by molar-refractivity contribution is -0.128. The van der Waals surface area contributed by atoms with Crippen molar-refractivity contribution in [1.82, 2.24) is 14.5 Å². The van der Waals surface area contributed by atoms with Crippen LogP contribution in [0.15, 0.2) is 34.2 Å². The van der Waals surface area contributed by atoms with Crippen molar-refractivity contribution >= 4 is 28.6 Å².